The van der Waals surface area contributed by atoms with Gasteiger partial charge in [0, 0.05) is 5.39 Å². The molecule has 0 aromatic heterocycles. The molecule has 3 rings (SSSR count). The largest absolute Gasteiger partial charge is 0.265 e. The van der Waals surface area contributed by atoms with Gasteiger partial charge in [0.05, 0.1) is 17.1 Å². The average Bonchev–Trinajstić information content (AvgIpc) is 2.54. The highest BCUT2D eigenvalue weighted by Crippen LogP contribution is 2.41. The third-order valence-electron chi connectivity index (χ3n) is 2.98. The van der Waals surface area contributed by atoms with E-state index in [2.05, 4.69) is 6.58 Å². The van der Waals surface area contributed by atoms with Crippen LogP contribution in [0.5, 0.6) is 0 Å². The van der Waals surface area contributed by atoms with Gasteiger partial charge in [0.1, 0.15) is 0 Å². The van der Waals surface area contributed by atoms with Crippen LogP contribution < -0.4 is 4.31 Å². The molecule has 86 valence electrons. The topological polar surface area (TPSA) is 37.4 Å². The van der Waals surface area contributed by atoms with Crippen LogP contribution >= 0.6 is 0 Å². The van der Waals surface area contributed by atoms with E-state index in [0.717, 1.165) is 16.5 Å². The van der Waals surface area contributed by atoms with Gasteiger partial charge in [-0.2, -0.15) is 0 Å². The van der Waals surface area contributed by atoms with E-state index >= 15 is 0 Å². The Morgan fingerprint density at radius 3 is 2.59 bits per heavy atom. The molecular weight excluding hydrogens is 234 g/mol. The minimum atomic E-state index is -3.40. The van der Waals surface area contributed by atoms with Crippen LogP contribution in [0.3, 0.4) is 0 Å². The summed E-state index contributed by atoms with van der Waals surface area (Å²) >= 11 is 0. The van der Waals surface area contributed by atoms with Crippen LogP contribution in [-0.2, 0) is 10.0 Å². The molecule has 0 saturated carbocycles. The first-order valence-corrected chi connectivity index (χ1v) is 6.75. The molecule has 2 aromatic carbocycles. The molecule has 0 amide bonds. The second-order valence-electron chi connectivity index (χ2n) is 3.96. The first-order chi connectivity index (χ1) is 8.16. The van der Waals surface area contributed by atoms with Crippen LogP contribution in [0.4, 0.5) is 5.69 Å². The van der Waals surface area contributed by atoms with Gasteiger partial charge in [-0.25, -0.2) is 8.42 Å². The van der Waals surface area contributed by atoms with Gasteiger partial charge in [0.15, 0.2) is 0 Å². The average molecular weight is 245 g/mol. The van der Waals surface area contributed by atoms with Gasteiger partial charge in [-0.1, -0.05) is 30.3 Å². The number of hydrogen-bond donors (Lipinski definition) is 0. The van der Waals surface area contributed by atoms with Crippen molar-refractivity contribution in [2.75, 3.05) is 10.8 Å². The standard InChI is InChI=1S/C13H11NO2S/c1-2-9-14-11-7-3-5-10-6-4-8-12(13(10)11)17(14,15)16/h2-8H,1,9H2. The third kappa shape index (κ3) is 1.24. The van der Waals surface area contributed by atoms with Crippen molar-refractivity contribution in [3.05, 3.63) is 49.1 Å². The number of hydrogen-bond acceptors (Lipinski definition) is 2. The zero-order chi connectivity index (χ0) is 12.0. The Morgan fingerprint density at radius 2 is 1.88 bits per heavy atom. The summed E-state index contributed by atoms with van der Waals surface area (Å²) in [5.41, 5.74) is 0.748. The first kappa shape index (κ1) is 10.4. The Kier molecular flexibility index (Phi) is 2.03. The van der Waals surface area contributed by atoms with Crippen molar-refractivity contribution in [3.63, 3.8) is 0 Å². The molecular formula is C13H11NO2S. The van der Waals surface area contributed by atoms with Crippen LogP contribution in [0, 0.1) is 0 Å². The van der Waals surface area contributed by atoms with E-state index < -0.39 is 10.0 Å². The van der Waals surface area contributed by atoms with Crippen molar-refractivity contribution in [1.82, 2.24) is 0 Å². The summed E-state index contributed by atoms with van der Waals surface area (Å²) in [4.78, 5) is 0.396. The maximum Gasteiger partial charge on any atom is 0.265 e. The fourth-order valence-corrected chi connectivity index (χ4v) is 3.95. The summed E-state index contributed by atoms with van der Waals surface area (Å²) in [5.74, 6) is 0. The van der Waals surface area contributed by atoms with E-state index in [4.69, 9.17) is 0 Å². The molecule has 0 N–H and O–H groups in total. The van der Waals surface area contributed by atoms with E-state index in [1.165, 1.54) is 4.31 Å². The van der Waals surface area contributed by atoms with Crippen molar-refractivity contribution in [2.45, 2.75) is 4.90 Å². The second-order valence-corrected chi connectivity index (χ2v) is 5.79. The molecule has 0 fully saturated rings. The van der Waals surface area contributed by atoms with Crippen molar-refractivity contribution < 1.29 is 8.42 Å². The van der Waals surface area contributed by atoms with Gasteiger partial charge in [-0.15, -0.1) is 6.58 Å². The van der Waals surface area contributed by atoms with Crippen molar-refractivity contribution in [1.29, 1.82) is 0 Å². The highest BCUT2D eigenvalue weighted by atomic mass is 32.2. The molecule has 0 unspecified atom stereocenters. The van der Waals surface area contributed by atoms with E-state index in [-0.39, 0.29) is 0 Å². The molecule has 0 atom stereocenters. The van der Waals surface area contributed by atoms with Gasteiger partial charge in [-0.3, -0.25) is 4.31 Å². The molecule has 3 nitrogen and oxygen atoms in total. The van der Waals surface area contributed by atoms with Crippen molar-refractivity contribution in [2.24, 2.45) is 0 Å². The number of benzene rings is 2. The van der Waals surface area contributed by atoms with Crippen LogP contribution in [-0.4, -0.2) is 15.0 Å². The normalized spacial score (nSPS) is 16.4. The minimum absolute atomic E-state index is 0.302. The zero-order valence-electron chi connectivity index (χ0n) is 9.13. The smallest absolute Gasteiger partial charge is 0.262 e. The highest BCUT2D eigenvalue weighted by molar-refractivity contribution is 7.93. The van der Waals surface area contributed by atoms with E-state index in [1.54, 1.807) is 18.2 Å². The predicted octanol–water partition coefficient (Wildman–Crippen LogP) is 2.53. The van der Waals surface area contributed by atoms with E-state index in [1.807, 2.05) is 24.3 Å². The van der Waals surface area contributed by atoms with Crippen molar-refractivity contribution >= 4 is 26.5 Å². The summed E-state index contributed by atoms with van der Waals surface area (Å²) in [6.07, 6.45) is 1.60. The number of rotatable bonds is 2. The van der Waals surface area contributed by atoms with Gasteiger partial charge >= 0.3 is 0 Å². The summed E-state index contributed by atoms with van der Waals surface area (Å²) in [5, 5.41) is 1.77. The van der Waals surface area contributed by atoms with Gasteiger partial charge in [0.25, 0.3) is 10.0 Å². The fourth-order valence-electron chi connectivity index (χ4n) is 2.27. The second kappa shape index (κ2) is 3.34. The molecule has 4 heteroatoms. The van der Waals surface area contributed by atoms with Gasteiger partial charge in [0.2, 0.25) is 0 Å². The summed E-state index contributed by atoms with van der Waals surface area (Å²) in [6.45, 7) is 3.91. The molecule has 0 spiro atoms. The Morgan fingerprint density at radius 1 is 1.18 bits per heavy atom. The molecule has 1 heterocycles. The first-order valence-electron chi connectivity index (χ1n) is 5.31. The fraction of sp³-hybridized carbons (Fsp3) is 0.0769. The Hall–Kier alpha value is -1.81. The van der Waals surface area contributed by atoms with Crippen LogP contribution in [0.25, 0.3) is 10.8 Å². The Labute approximate surface area is 100 Å². The van der Waals surface area contributed by atoms with Gasteiger partial charge < -0.3 is 0 Å². The molecule has 0 aliphatic carbocycles. The third-order valence-corrected chi connectivity index (χ3v) is 4.80. The SMILES string of the molecule is C=CCN1c2cccc3cccc(c23)S1(=O)=O. The van der Waals surface area contributed by atoms with Gasteiger partial charge in [-0.05, 0) is 17.5 Å². The Balaban J connectivity index is 2.45. The molecule has 17 heavy (non-hydrogen) atoms. The number of anilines is 1. The highest BCUT2D eigenvalue weighted by Gasteiger charge is 2.34. The Bertz CT molecular complexity index is 714. The number of nitrogens with zero attached hydrogens (tertiary/aromatic N) is 1. The zero-order valence-corrected chi connectivity index (χ0v) is 9.94. The molecule has 2 aromatic rings. The van der Waals surface area contributed by atoms with Crippen LogP contribution in [0.2, 0.25) is 0 Å². The van der Waals surface area contributed by atoms with Crippen molar-refractivity contribution in [3.8, 4) is 0 Å². The lowest BCUT2D eigenvalue weighted by Crippen LogP contribution is -2.26. The summed E-state index contributed by atoms with van der Waals surface area (Å²) in [7, 11) is -3.40. The summed E-state index contributed by atoms with van der Waals surface area (Å²) in [6, 6.07) is 11.0. The van der Waals surface area contributed by atoms with Crippen LogP contribution in [0.15, 0.2) is 53.9 Å². The monoisotopic (exact) mass is 245 g/mol. The minimum Gasteiger partial charge on any atom is -0.262 e. The molecule has 0 saturated heterocycles. The maximum atomic E-state index is 12.3. The summed E-state index contributed by atoms with van der Waals surface area (Å²) < 4.78 is 26.1. The lowest BCUT2D eigenvalue weighted by atomic mass is 10.1. The number of sulfonamides is 1. The molecule has 1 aliphatic heterocycles. The molecule has 0 bridgehead atoms. The van der Waals surface area contributed by atoms with E-state index in [9.17, 15) is 8.42 Å². The lowest BCUT2D eigenvalue weighted by Gasteiger charge is -2.16. The van der Waals surface area contributed by atoms with Crippen LogP contribution in [0.1, 0.15) is 0 Å². The lowest BCUT2D eigenvalue weighted by molar-refractivity contribution is 0.595. The predicted molar refractivity (Wildman–Crippen MR) is 68.7 cm³/mol. The quantitative estimate of drug-likeness (QED) is 0.762. The molecule has 0 radical (unpaired) electrons. The molecule has 1 aliphatic rings. The van der Waals surface area contributed by atoms with E-state index in [0.29, 0.717) is 11.4 Å². The maximum absolute atomic E-state index is 12.3.